The van der Waals surface area contributed by atoms with Crippen molar-refractivity contribution in [2.75, 3.05) is 13.1 Å². The number of carbonyl (C=O) groups is 2. The maximum absolute atomic E-state index is 13.0. The fraction of sp³-hybridized carbons (Fsp3) is 0.385. The van der Waals surface area contributed by atoms with Gasteiger partial charge in [0.1, 0.15) is 5.82 Å². The van der Waals surface area contributed by atoms with Crippen molar-refractivity contribution in [3.63, 3.8) is 0 Å². The smallest absolute Gasteiger partial charge is 0.255 e. The molecule has 2 amide bonds. The van der Waals surface area contributed by atoms with Crippen molar-refractivity contribution in [1.82, 2.24) is 4.90 Å². The van der Waals surface area contributed by atoms with E-state index in [9.17, 15) is 14.0 Å². The Balaban J connectivity index is 2.93. The third kappa shape index (κ3) is 4.63. The molecule has 0 unspecified atom stereocenters. The molecule has 0 aliphatic heterocycles. The van der Waals surface area contributed by atoms with E-state index >= 15 is 0 Å². The zero-order valence-corrected chi connectivity index (χ0v) is 12.2. The lowest BCUT2D eigenvalue weighted by Gasteiger charge is -2.21. The number of halogens is 2. The molecule has 0 aliphatic carbocycles. The van der Waals surface area contributed by atoms with Crippen LogP contribution in [0.15, 0.2) is 22.7 Å². The Kier molecular flexibility index (Phi) is 5.95. The molecular weight excluding hydrogens is 315 g/mol. The van der Waals surface area contributed by atoms with Crippen LogP contribution in [0, 0.1) is 5.82 Å². The number of hydrogen-bond donors (Lipinski definition) is 1. The Labute approximate surface area is 119 Å². The normalized spacial score (nSPS) is 10.3. The number of nitrogens with zero attached hydrogens (tertiary/aromatic N) is 1. The molecule has 0 atom stereocenters. The Morgan fingerprint density at radius 3 is 2.63 bits per heavy atom. The van der Waals surface area contributed by atoms with Gasteiger partial charge in [-0.2, -0.15) is 0 Å². The van der Waals surface area contributed by atoms with Gasteiger partial charge in [-0.3, -0.25) is 9.59 Å². The van der Waals surface area contributed by atoms with Gasteiger partial charge in [0.15, 0.2) is 0 Å². The predicted octanol–water partition coefficient (Wildman–Crippen LogP) is 2.32. The number of rotatable bonds is 6. The first-order chi connectivity index (χ1) is 8.95. The van der Waals surface area contributed by atoms with Gasteiger partial charge >= 0.3 is 0 Å². The minimum atomic E-state index is -0.567. The summed E-state index contributed by atoms with van der Waals surface area (Å²) < 4.78 is 13.4. The third-order valence-corrected chi connectivity index (χ3v) is 3.23. The second-order valence-corrected chi connectivity index (χ2v) is 5.03. The number of unbranched alkanes of at least 4 members (excludes halogenated alkanes) is 1. The fourth-order valence-electron chi connectivity index (χ4n) is 1.62. The monoisotopic (exact) mass is 330 g/mol. The van der Waals surface area contributed by atoms with Gasteiger partial charge in [-0.1, -0.05) is 13.3 Å². The van der Waals surface area contributed by atoms with Crippen molar-refractivity contribution in [3.8, 4) is 0 Å². The topological polar surface area (TPSA) is 63.4 Å². The molecular formula is C13H16BrFN2O2. The Morgan fingerprint density at radius 2 is 2.11 bits per heavy atom. The van der Waals surface area contributed by atoms with Crippen LogP contribution in [0.3, 0.4) is 0 Å². The second-order valence-electron chi connectivity index (χ2n) is 4.17. The number of primary amides is 1. The van der Waals surface area contributed by atoms with Gasteiger partial charge in [0.2, 0.25) is 5.91 Å². The molecule has 104 valence electrons. The van der Waals surface area contributed by atoms with Crippen LogP contribution >= 0.6 is 15.9 Å². The van der Waals surface area contributed by atoms with Crippen molar-refractivity contribution in [2.24, 2.45) is 5.73 Å². The molecule has 1 aromatic carbocycles. The molecule has 6 heteroatoms. The molecule has 0 radical (unpaired) electrons. The molecule has 2 N–H and O–H groups in total. The summed E-state index contributed by atoms with van der Waals surface area (Å²) >= 11 is 3.15. The Bertz CT molecular complexity index is 480. The fourth-order valence-corrected chi connectivity index (χ4v) is 2.14. The van der Waals surface area contributed by atoms with E-state index in [-0.39, 0.29) is 12.5 Å². The van der Waals surface area contributed by atoms with Crippen LogP contribution in [0.5, 0.6) is 0 Å². The lowest BCUT2D eigenvalue weighted by molar-refractivity contribution is -0.118. The maximum atomic E-state index is 13.0. The molecule has 4 nitrogen and oxygen atoms in total. The van der Waals surface area contributed by atoms with Crippen LogP contribution in [-0.4, -0.2) is 29.8 Å². The molecule has 0 aromatic heterocycles. The number of carbonyl (C=O) groups excluding carboxylic acids is 2. The van der Waals surface area contributed by atoms with Gasteiger partial charge in [0.25, 0.3) is 5.91 Å². The third-order valence-electron chi connectivity index (χ3n) is 2.58. The molecule has 0 spiro atoms. The van der Waals surface area contributed by atoms with E-state index in [1.807, 2.05) is 6.92 Å². The van der Waals surface area contributed by atoms with Gasteiger partial charge in [-0.25, -0.2) is 4.39 Å². The van der Waals surface area contributed by atoms with Crippen LogP contribution in [-0.2, 0) is 4.79 Å². The van der Waals surface area contributed by atoms with E-state index < -0.39 is 11.7 Å². The number of hydrogen-bond acceptors (Lipinski definition) is 2. The molecule has 0 fully saturated rings. The molecule has 0 saturated heterocycles. The standard InChI is InChI=1S/C13H16BrFN2O2/c1-2-3-6-17(8-12(16)18)13(19)10-5-4-9(15)7-11(10)14/h4-5,7H,2-3,6,8H2,1H3,(H2,16,18). The van der Waals surface area contributed by atoms with Gasteiger partial charge in [0, 0.05) is 11.0 Å². The lowest BCUT2D eigenvalue weighted by Crippen LogP contribution is -2.39. The molecule has 1 aromatic rings. The van der Waals surface area contributed by atoms with Crippen molar-refractivity contribution >= 4 is 27.7 Å². The molecule has 0 bridgehead atoms. The first-order valence-corrected chi connectivity index (χ1v) is 6.77. The molecule has 0 saturated carbocycles. The van der Waals surface area contributed by atoms with Crippen LogP contribution < -0.4 is 5.73 Å². The van der Waals surface area contributed by atoms with Crippen molar-refractivity contribution in [2.45, 2.75) is 19.8 Å². The zero-order valence-electron chi connectivity index (χ0n) is 10.7. The van der Waals surface area contributed by atoms with Gasteiger partial charge < -0.3 is 10.6 Å². The van der Waals surface area contributed by atoms with Crippen LogP contribution in [0.25, 0.3) is 0 Å². The molecule has 0 heterocycles. The van der Waals surface area contributed by atoms with Crippen LogP contribution in [0.2, 0.25) is 0 Å². The van der Waals surface area contributed by atoms with Crippen LogP contribution in [0.1, 0.15) is 30.1 Å². The number of nitrogens with two attached hydrogens (primary N) is 1. The van der Waals surface area contributed by atoms with E-state index in [0.29, 0.717) is 16.6 Å². The van der Waals surface area contributed by atoms with Crippen LogP contribution in [0.4, 0.5) is 4.39 Å². The summed E-state index contributed by atoms with van der Waals surface area (Å²) in [6, 6.07) is 3.82. The van der Waals surface area contributed by atoms with E-state index in [2.05, 4.69) is 15.9 Å². The summed E-state index contributed by atoms with van der Waals surface area (Å²) in [7, 11) is 0. The van der Waals surface area contributed by atoms with E-state index in [1.54, 1.807) is 0 Å². The van der Waals surface area contributed by atoms with E-state index in [1.165, 1.54) is 23.1 Å². The first kappa shape index (κ1) is 15.6. The minimum Gasteiger partial charge on any atom is -0.368 e. The minimum absolute atomic E-state index is 0.136. The maximum Gasteiger partial charge on any atom is 0.255 e. The Morgan fingerprint density at radius 1 is 1.42 bits per heavy atom. The highest BCUT2D eigenvalue weighted by atomic mass is 79.9. The molecule has 19 heavy (non-hydrogen) atoms. The van der Waals surface area contributed by atoms with Crippen molar-refractivity contribution in [1.29, 1.82) is 0 Å². The first-order valence-electron chi connectivity index (χ1n) is 5.98. The predicted molar refractivity (Wildman–Crippen MR) is 74.1 cm³/mol. The highest BCUT2D eigenvalue weighted by Crippen LogP contribution is 2.20. The number of benzene rings is 1. The summed E-state index contributed by atoms with van der Waals surface area (Å²) in [6.07, 6.45) is 1.67. The summed E-state index contributed by atoms with van der Waals surface area (Å²) in [5.41, 5.74) is 5.46. The summed E-state index contributed by atoms with van der Waals surface area (Å²) in [6.45, 7) is 2.30. The van der Waals surface area contributed by atoms with Crippen molar-refractivity contribution < 1.29 is 14.0 Å². The Hall–Kier alpha value is -1.43. The summed E-state index contributed by atoms with van der Waals surface area (Å²) in [5, 5.41) is 0. The lowest BCUT2D eigenvalue weighted by atomic mass is 10.2. The average Bonchev–Trinajstić information content (AvgIpc) is 2.33. The van der Waals surface area contributed by atoms with Gasteiger partial charge in [-0.05, 0) is 40.5 Å². The SMILES string of the molecule is CCCCN(CC(N)=O)C(=O)c1ccc(F)cc1Br. The van der Waals surface area contributed by atoms with Gasteiger partial charge in [0.05, 0.1) is 12.1 Å². The van der Waals surface area contributed by atoms with E-state index in [4.69, 9.17) is 5.73 Å². The van der Waals surface area contributed by atoms with Crippen molar-refractivity contribution in [3.05, 3.63) is 34.1 Å². The second kappa shape index (κ2) is 7.23. The van der Waals surface area contributed by atoms with Gasteiger partial charge in [-0.15, -0.1) is 0 Å². The van der Waals surface area contributed by atoms with E-state index in [0.717, 1.165) is 12.8 Å². The number of amides is 2. The largest absolute Gasteiger partial charge is 0.368 e. The molecule has 0 aliphatic rings. The highest BCUT2D eigenvalue weighted by Gasteiger charge is 2.19. The highest BCUT2D eigenvalue weighted by molar-refractivity contribution is 9.10. The summed E-state index contributed by atoms with van der Waals surface area (Å²) in [4.78, 5) is 24.7. The zero-order chi connectivity index (χ0) is 14.4. The summed E-state index contributed by atoms with van der Waals surface area (Å²) in [5.74, 6) is -1.33. The molecule has 1 rings (SSSR count). The quantitative estimate of drug-likeness (QED) is 0.869. The average molecular weight is 331 g/mol.